The van der Waals surface area contributed by atoms with Crippen molar-refractivity contribution in [3.8, 4) is 16.9 Å². The minimum absolute atomic E-state index is 0.0131. The standard InChI is InChI=1S/C24H28N4O2/c1-3-15-25-23(29)13-8-14-24(30)26-22-17-21(19-10-5-4-6-11-19)27-28(22)20-12-7-9-18(2)16-20/h4-7,9-12,16-17H,3,8,13-15H2,1-2H3,(H,25,29)(H,26,30). The number of carbonyl (C=O) groups excluding carboxylic acids is 2. The highest BCUT2D eigenvalue weighted by Gasteiger charge is 2.14. The van der Waals surface area contributed by atoms with E-state index in [9.17, 15) is 9.59 Å². The molecule has 6 nitrogen and oxygen atoms in total. The monoisotopic (exact) mass is 404 g/mol. The fourth-order valence-corrected chi connectivity index (χ4v) is 3.14. The van der Waals surface area contributed by atoms with Crippen LogP contribution in [0.1, 0.15) is 38.2 Å². The lowest BCUT2D eigenvalue weighted by Crippen LogP contribution is -2.24. The number of nitrogens with one attached hydrogen (secondary N) is 2. The molecule has 0 saturated heterocycles. The van der Waals surface area contributed by atoms with Crippen LogP contribution in [0.25, 0.3) is 16.9 Å². The van der Waals surface area contributed by atoms with Crippen molar-refractivity contribution < 1.29 is 9.59 Å². The van der Waals surface area contributed by atoms with Crippen LogP contribution >= 0.6 is 0 Å². The van der Waals surface area contributed by atoms with Crippen LogP contribution in [-0.4, -0.2) is 28.1 Å². The number of amides is 2. The molecule has 0 aliphatic heterocycles. The average molecular weight is 405 g/mol. The summed E-state index contributed by atoms with van der Waals surface area (Å²) in [6, 6.07) is 19.7. The van der Waals surface area contributed by atoms with Gasteiger partial charge in [-0.3, -0.25) is 9.59 Å². The summed E-state index contributed by atoms with van der Waals surface area (Å²) in [6.07, 6.45) is 2.03. The van der Waals surface area contributed by atoms with Gasteiger partial charge in [-0.1, -0.05) is 49.4 Å². The van der Waals surface area contributed by atoms with Crippen molar-refractivity contribution >= 4 is 17.6 Å². The van der Waals surface area contributed by atoms with Gasteiger partial charge in [-0.05, 0) is 37.5 Å². The molecule has 1 heterocycles. The fourth-order valence-electron chi connectivity index (χ4n) is 3.14. The maximum absolute atomic E-state index is 12.5. The van der Waals surface area contributed by atoms with Gasteiger partial charge in [0, 0.05) is 31.0 Å². The molecule has 1 aromatic heterocycles. The third-order valence-electron chi connectivity index (χ3n) is 4.67. The van der Waals surface area contributed by atoms with Crippen molar-refractivity contribution in [3.05, 3.63) is 66.2 Å². The largest absolute Gasteiger partial charge is 0.356 e. The molecule has 2 aromatic carbocycles. The van der Waals surface area contributed by atoms with Crippen molar-refractivity contribution in [1.82, 2.24) is 15.1 Å². The molecule has 156 valence electrons. The maximum atomic E-state index is 12.5. The van der Waals surface area contributed by atoms with E-state index in [0.29, 0.717) is 25.2 Å². The van der Waals surface area contributed by atoms with E-state index in [0.717, 1.165) is 28.9 Å². The lowest BCUT2D eigenvalue weighted by Gasteiger charge is -2.09. The van der Waals surface area contributed by atoms with E-state index in [1.54, 1.807) is 4.68 Å². The van der Waals surface area contributed by atoms with E-state index in [-0.39, 0.29) is 18.2 Å². The van der Waals surface area contributed by atoms with Crippen LogP contribution in [0, 0.1) is 6.92 Å². The summed E-state index contributed by atoms with van der Waals surface area (Å²) >= 11 is 0. The highest BCUT2D eigenvalue weighted by molar-refractivity contribution is 5.91. The lowest BCUT2D eigenvalue weighted by atomic mass is 10.1. The summed E-state index contributed by atoms with van der Waals surface area (Å²) in [7, 11) is 0. The lowest BCUT2D eigenvalue weighted by molar-refractivity contribution is -0.121. The number of rotatable bonds is 9. The second-order valence-electron chi connectivity index (χ2n) is 7.28. The summed E-state index contributed by atoms with van der Waals surface area (Å²) in [6.45, 7) is 4.70. The Morgan fingerprint density at radius 2 is 1.73 bits per heavy atom. The van der Waals surface area contributed by atoms with E-state index >= 15 is 0 Å². The zero-order valence-electron chi connectivity index (χ0n) is 17.5. The number of benzene rings is 2. The van der Waals surface area contributed by atoms with Crippen LogP contribution in [-0.2, 0) is 9.59 Å². The molecular formula is C24H28N4O2. The third kappa shape index (κ3) is 5.80. The molecule has 0 aliphatic carbocycles. The summed E-state index contributed by atoms with van der Waals surface area (Å²) < 4.78 is 1.75. The number of aryl methyl sites for hydroxylation is 1. The number of nitrogens with zero attached hydrogens (tertiary/aromatic N) is 2. The van der Waals surface area contributed by atoms with Gasteiger partial charge in [0.05, 0.1) is 11.4 Å². The first-order valence-electron chi connectivity index (χ1n) is 10.4. The van der Waals surface area contributed by atoms with Crippen LogP contribution in [0.5, 0.6) is 0 Å². The smallest absolute Gasteiger partial charge is 0.225 e. The number of hydrogen-bond acceptors (Lipinski definition) is 3. The Hall–Kier alpha value is -3.41. The molecule has 0 radical (unpaired) electrons. The number of carbonyl (C=O) groups is 2. The van der Waals surface area contributed by atoms with Crippen LogP contribution in [0.3, 0.4) is 0 Å². The fraction of sp³-hybridized carbons (Fsp3) is 0.292. The second kappa shape index (κ2) is 10.4. The maximum Gasteiger partial charge on any atom is 0.225 e. The first-order valence-corrected chi connectivity index (χ1v) is 10.4. The van der Waals surface area contributed by atoms with Crippen LogP contribution in [0.2, 0.25) is 0 Å². The molecular weight excluding hydrogens is 376 g/mol. The van der Waals surface area contributed by atoms with Crippen molar-refractivity contribution in [1.29, 1.82) is 0 Å². The van der Waals surface area contributed by atoms with E-state index in [4.69, 9.17) is 5.10 Å². The molecule has 3 aromatic rings. The van der Waals surface area contributed by atoms with Crippen LogP contribution in [0.15, 0.2) is 60.7 Å². The SMILES string of the molecule is CCCNC(=O)CCCC(=O)Nc1cc(-c2ccccc2)nn1-c1cccc(C)c1. The molecule has 30 heavy (non-hydrogen) atoms. The third-order valence-corrected chi connectivity index (χ3v) is 4.67. The quantitative estimate of drug-likeness (QED) is 0.552. The molecule has 3 rings (SSSR count). The molecule has 0 bridgehead atoms. The second-order valence-corrected chi connectivity index (χ2v) is 7.28. The Kier molecular flexibility index (Phi) is 7.38. The van der Waals surface area contributed by atoms with Crippen molar-refractivity contribution in [2.24, 2.45) is 0 Å². The summed E-state index contributed by atoms with van der Waals surface area (Å²) in [5.41, 5.74) is 3.75. The molecule has 0 fully saturated rings. The zero-order chi connectivity index (χ0) is 21.3. The minimum Gasteiger partial charge on any atom is -0.356 e. The first-order chi connectivity index (χ1) is 14.6. The van der Waals surface area contributed by atoms with Crippen LogP contribution in [0.4, 0.5) is 5.82 Å². The molecule has 0 saturated carbocycles. The molecule has 2 amide bonds. The van der Waals surface area contributed by atoms with Crippen LogP contribution < -0.4 is 10.6 Å². The van der Waals surface area contributed by atoms with E-state index < -0.39 is 0 Å². The Labute approximate surface area is 177 Å². The number of anilines is 1. The number of aromatic nitrogens is 2. The van der Waals surface area contributed by atoms with Crippen molar-refractivity contribution in [2.75, 3.05) is 11.9 Å². The van der Waals surface area contributed by atoms with Gasteiger partial charge < -0.3 is 10.6 Å². The first kappa shape index (κ1) is 21.3. The molecule has 0 spiro atoms. The summed E-state index contributed by atoms with van der Waals surface area (Å²) in [5, 5.41) is 10.5. The van der Waals surface area contributed by atoms with Gasteiger partial charge in [-0.15, -0.1) is 0 Å². The Bertz CT molecular complexity index is 995. The van der Waals surface area contributed by atoms with Gasteiger partial charge in [0.1, 0.15) is 5.82 Å². The predicted molar refractivity (Wildman–Crippen MR) is 120 cm³/mol. The van der Waals surface area contributed by atoms with Gasteiger partial charge in [-0.2, -0.15) is 5.10 Å². The van der Waals surface area contributed by atoms with Gasteiger partial charge in [0.2, 0.25) is 11.8 Å². The van der Waals surface area contributed by atoms with E-state index in [1.165, 1.54) is 0 Å². The van der Waals surface area contributed by atoms with Crippen molar-refractivity contribution in [2.45, 2.75) is 39.5 Å². The normalized spacial score (nSPS) is 10.6. The molecule has 6 heteroatoms. The van der Waals surface area contributed by atoms with E-state index in [1.807, 2.05) is 74.5 Å². The van der Waals surface area contributed by atoms with Crippen molar-refractivity contribution in [3.63, 3.8) is 0 Å². The highest BCUT2D eigenvalue weighted by Crippen LogP contribution is 2.25. The molecule has 0 unspecified atom stereocenters. The predicted octanol–water partition coefficient (Wildman–Crippen LogP) is 4.48. The number of hydrogen-bond donors (Lipinski definition) is 2. The van der Waals surface area contributed by atoms with E-state index in [2.05, 4.69) is 10.6 Å². The molecule has 2 N–H and O–H groups in total. The van der Waals surface area contributed by atoms with Gasteiger partial charge in [0.25, 0.3) is 0 Å². The molecule has 0 atom stereocenters. The topological polar surface area (TPSA) is 76.0 Å². The van der Waals surface area contributed by atoms with Gasteiger partial charge >= 0.3 is 0 Å². The Morgan fingerprint density at radius 1 is 0.967 bits per heavy atom. The Balaban J connectivity index is 1.75. The minimum atomic E-state index is -0.133. The average Bonchev–Trinajstić information content (AvgIpc) is 3.16. The van der Waals surface area contributed by atoms with Gasteiger partial charge in [0.15, 0.2) is 0 Å². The molecule has 0 aliphatic rings. The summed E-state index contributed by atoms with van der Waals surface area (Å²) in [4.78, 5) is 24.2. The Morgan fingerprint density at radius 3 is 2.47 bits per heavy atom. The zero-order valence-corrected chi connectivity index (χ0v) is 17.5. The highest BCUT2D eigenvalue weighted by atomic mass is 16.2. The van der Waals surface area contributed by atoms with Gasteiger partial charge in [-0.25, -0.2) is 4.68 Å². The summed E-state index contributed by atoms with van der Waals surface area (Å²) in [5.74, 6) is 0.465.